The number of allylic oxidation sites excluding steroid dienone is 4. The van der Waals surface area contributed by atoms with Gasteiger partial charge in [0, 0.05) is 12.8 Å². The van der Waals surface area contributed by atoms with Crippen molar-refractivity contribution >= 4 is 19.8 Å². The molecule has 102 heavy (non-hydrogen) atoms. The van der Waals surface area contributed by atoms with Crippen LogP contribution in [0.3, 0.4) is 0 Å². The minimum absolute atomic E-state index is 0.0258. The van der Waals surface area contributed by atoms with Crippen molar-refractivity contribution in [3.8, 4) is 0 Å². The van der Waals surface area contributed by atoms with Crippen molar-refractivity contribution in [3.05, 3.63) is 24.3 Å². The summed E-state index contributed by atoms with van der Waals surface area (Å²) in [4.78, 5) is 38.3. The van der Waals surface area contributed by atoms with Gasteiger partial charge in [-0.15, -0.1) is 0 Å². The van der Waals surface area contributed by atoms with Crippen LogP contribution in [0.1, 0.15) is 502 Å². The summed E-state index contributed by atoms with van der Waals surface area (Å²) in [6.45, 7) is 4.34. The molecule has 0 saturated carbocycles. The number of nitrogens with zero attached hydrogens (tertiary/aromatic N) is 1. The molecule has 0 rings (SSSR count). The molecule has 10 heteroatoms. The van der Waals surface area contributed by atoms with E-state index >= 15 is 0 Å². The van der Waals surface area contributed by atoms with Gasteiger partial charge in [0.05, 0.1) is 27.7 Å². The van der Waals surface area contributed by atoms with Crippen LogP contribution in [-0.2, 0) is 32.7 Å². The molecule has 0 amide bonds. The van der Waals surface area contributed by atoms with Crippen molar-refractivity contribution in [1.82, 2.24) is 0 Å². The first-order chi connectivity index (χ1) is 50.0. The number of hydrogen-bond acceptors (Lipinski definition) is 8. The van der Waals surface area contributed by atoms with E-state index in [9.17, 15) is 19.0 Å². The number of phosphoric ester groups is 1. The fourth-order valence-electron chi connectivity index (χ4n) is 14.4. The summed E-state index contributed by atoms with van der Waals surface area (Å²) in [5.74, 6) is -0.801. The molecule has 9 nitrogen and oxygen atoms in total. The number of ether oxygens (including phenoxy) is 2. The number of carbonyl (C=O) groups excluding carboxylic acids is 2. The summed E-state index contributed by atoms with van der Waals surface area (Å²) in [6, 6.07) is 0. The molecule has 0 radical (unpaired) electrons. The number of phosphoric acid groups is 1. The zero-order valence-electron chi connectivity index (χ0n) is 69.6. The third kappa shape index (κ3) is 87.4. The maximum absolute atomic E-state index is 12.9. The Labute approximate surface area is 638 Å². The molecule has 0 saturated heterocycles. The molecule has 2 unspecified atom stereocenters. The molecule has 0 aromatic carbocycles. The Kier molecular flexibility index (Phi) is 82.3. The molecule has 0 N–H and O–H groups in total. The van der Waals surface area contributed by atoms with Crippen LogP contribution in [0, 0.1) is 0 Å². The van der Waals surface area contributed by atoms with E-state index in [1.807, 2.05) is 21.1 Å². The molecule has 0 spiro atoms. The highest BCUT2D eigenvalue weighted by molar-refractivity contribution is 7.45. The highest BCUT2D eigenvalue weighted by Crippen LogP contribution is 2.38. The van der Waals surface area contributed by atoms with Crippen molar-refractivity contribution in [2.75, 3.05) is 47.5 Å². The van der Waals surface area contributed by atoms with Gasteiger partial charge in [0.2, 0.25) is 0 Å². The van der Waals surface area contributed by atoms with Crippen molar-refractivity contribution in [3.63, 3.8) is 0 Å². The van der Waals surface area contributed by atoms with E-state index in [1.54, 1.807) is 0 Å². The molecule has 0 aliphatic heterocycles. The van der Waals surface area contributed by atoms with Crippen LogP contribution in [-0.4, -0.2) is 70.0 Å². The van der Waals surface area contributed by atoms with E-state index in [1.165, 1.54) is 437 Å². The summed E-state index contributed by atoms with van der Waals surface area (Å²) in [5.41, 5.74) is 0. The third-order valence-corrected chi connectivity index (χ3v) is 22.4. The summed E-state index contributed by atoms with van der Waals surface area (Å²) in [6.07, 6.45) is 109. The standard InChI is InChI=1S/C92H180NO8P/c1-6-8-10-12-14-16-18-20-22-24-26-28-30-32-34-36-38-40-42-44-45-46-47-49-51-53-55-57-59-61-63-65-67-69-71-73-75-77-79-81-83-85-92(95)101-90(89-100-102(96,97)99-87-86-93(3,4)5)88-98-91(94)84-82-80-78-76-74-72-70-68-66-64-62-60-58-56-54-52-50-48-43-41-39-37-35-33-31-29-27-25-23-21-19-17-15-13-11-9-7-2/h24-27,90H,6-23,28-89H2,1-5H3/b26-24-,27-25-. The molecular formula is C92H180NO8P. The highest BCUT2D eigenvalue weighted by Gasteiger charge is 2.22. The lowest BCUT2D eigenvalue weighted by Crippen LogP contribution is -2.37. The first-order valence-corrected chi connectivity index (χ1v) is 47.5. The molecule has 0 aromatic heterocycles. The fourth-order valence-corrected chi connectivity index (χ4v) is 15.2. The average molecular weight is 1460 g/mol. The van der Waals surface area contributed by atoms with Gasteiger partial charge in [-0.1, -0.05) is 449 Å². The van der Waals surface area contributed by atoms with Crippen LogP contribution in [0.15, 0.2) is 24.3 Å². The molecule has 0 aromatic rings. The van der Waals surface area contributed by atoms with Gasteiger partial charge < -0.3 is 27.9 Å². The normalized spacial score (nSPS) is 13.0. The lowest BCUT2D eigenvalue weighted by molar-refractivity contribution is -0.870. The second kappa shape index (κ2) is 83.5. The Bertz CT molecular complexity index is 1770. The number of esters is 2. The van der Waals surface area contributed by atoms with Crippen molar-refractivity contribution < 1.29 is 42.1 Å². The second-order valence-corrected chi connectivity index (χ2v) is 34.4. The monoisotopic (exact) mass is 1460 g/mol. The molecule has 606 valence electrons. The van der Waals surface area contributed by atoms with Crippen molar-refractivity contribution in [1.29, 1.82) is 0 Å². The van der Waals surface area contributed by atoms with Crippen LogP contribution < -0.4 is 4.89 Å². The third-order valence-electron chi connectivity index (χ3n) is 21.4. The zero-order chi connectivity index (χ0) is 74.0. The van der Waals surface area contributed by atoms with Crippen LogP contribution >= 0.6 is 7.82 Å². The van der Waals surface area contributed by atoms with E-state index in [2.05, 4.69) is 38.2 Å². The second-order valence-electron chi connectivity index (χ2n) is 33.0. The van der Waals surface area contributed by atoms with E-state index < -0.39 is 26.5 Å². The van der Waals surface area contributed by atoms with Crippen LogP contribution in [0.4, 0.5) is 0 Å². The number of quaternary nitrogens is 1. The van der Waals surface area contributed by atoms with Gasteiger partial charge in [-0.05, 0) is 64.2 Å². The van der Waals surface area contributed by atoms with Crippen LogP contribution in [0.25, 0.3) is 0 Å². The Morgan fingerprint density at radius 2 is 0.500 bits per heavy atom. The van der Waals surface area contributed by atoms with Crippen molar-refractivity contribution in [2.45, 2.75) is 508 Å². The number of carbonyl (C=O) groups is 2. The largest absolute Gasteiger partial charge is 0.756 e. The van der Waals surface area contributed by atoms with E-state index in [0.717, 1.165) is 32.1 Å². The van der Waals surface area contributed by atoms with Crippen LogP contribution in [0.5, 0.6) is 0 Å². The van der Waals surface area contributed by atoms with Crippen LogP contribution in [0.2, 0.25) is 0 Å². The average Bonchev–Trinajstić information content (AvgIpc) is 0.916. The minimum atomic E-state index is -4.64. The Morgan fingerprint density at radius 1 is 0.294 bits per heavy atom. The number of rotatable bonds is 88. The number of hydrogen-bond donors (Lipinski definition) is 0. The minimum Gasteiger partial charge on any atom is -0.756 e. The summed E-state index contributed by atoms with van der Waals surface area (Å²) < 4.78 is 34.5. The first-order valence-electron chi connectivity index (χ1n) is 46.0. The fraction of sp³-hybridized carbons (Fsp3) is 0.935. The number of likely N-dealkylation sites (N-methyl/N-ethyl adjacent to an activating group) is 1. The quantitative estimate of drug-likeness (QED) is 0.0195. The van der Waals surface area contributed by atoms with Gasteiger partial charge >= 0.3 is 11.9 Å². The topological polar surface area (TPSA) is 111 Å². The first kappa shape index (κ1) is 100. The van der Waals surface area contributed by atoms with Gasteiger partial charge in [0.15, 0.2) is 6.10 Å². The van der Waals surface area contributed by atoms with E-state index in [-0.39, 0.29) is 32.0 Å². The molecule has 0 heterocycles. The molecular weight excluding hydrogens is 1280 g/mol. The van der Waals surface area contributed by atoms with Crippen molar-refractivity contribution in [2.24, 2.45) is 0 Å². The predicted octanol–water partition coefficient (Wildman–Crippen LogP) is 30.4. The van der Waals surface area contributed by atoms with Gasteiger partial charge in [-0.2, -0.15) is 0 Å². The molecule has 2 atom stereocenters. The molecule has 0 bridgehead atoms. The van der Waals surface area contributed by atoms with Gasteiger partial charge in [-0.25, -0.2) is 0 Å². The smallest absolute Gasteiger partial charge is 0.306 e. The Morgan fingerprint density at radius 3 is 0.725 bits per heavy atom. The van der Waals surface area contributed by atoms with Gasteiger partial charge in [-0.3, -0.25) is 14.2 Å². The predicted molar refractivity (Wildman–Crippen MR) is 444 cm³/mol. The van der Waals surface area contributed by atoms with E-state index in [0.29, 0.717) is 17.4 Å². The van der Waals surface area contributed by atoms with Gasteiger partial charge in [0.25, 0.3) is 7.82 Å². The molecule has 0 fully saturated rings. The lowest BCUT2D eigenvalue weighted by Gasteiger charge is -2.28. The molecule has 0 aliphatic carbocycles. The Hall–Kier alpha value is -1.51. The SMILES string of the molecule is CCCCCCCCCC/C=C\CCCCCCCCCCCCCCCCCCCCCCCCCCCCCCCC(=O)OC(COC(=O)CCCCCCCCCCCCCCCCCCCCCCCCCCC/C=C\CCCCCCCCCC)COP(=O)([O-])OCC[N+](C)(C)C. The highest BCUT2D eigenvalue weighted by atomic mass is 31.2. The summed E-state index contributed by atoms with van der Waals surface area (Å²) in [7, 11) is 1.20. The summed E-state index contributed by atoms with van der Waals surface area (Å²) >= 11 is 0. The van der Waals surface area contributed by atoms with Gasteiger partial charge in [0.1, 0.15) is 19.8 Å². The zero-order valence-corrected chi connectivity index (χ0v) is 70.5. The summed E-state index contributed by atoms with van der Waals surface area (Å²) in [5, 5.41) is 0. The Balaban J connectivity index is 3.81. The molecule has 0 aliphatic rings. The maximum Gasteiger partial charge on any atom is 0.306 e. The lowest BCUT2D eigenvalue weighted by atomic mass is 10.0. The maximum atomic E-state index is 12.9. The van der Waals surface area contributed by atoms with E-state index in [4.69, 9.17) is 18.5 Å². The number of unbranched alkanes of at least 4 members (excludes halogenated alkanes) is 70.